The van der Waals surface area contributed by atoms with Crippen molar-refractivity contribution < 1.29 is 9.59 Å². The Morgan fingerprint density at radius 1 is 1.19 bits per heavy atom. The Morgan fingerprint density at radius 2 is 1.90 bits per heavy atom. The summed E-state index contributed by atoms with van der Waals surface area (Å²) in [5.74, 6) is -0.0269. The van der Waals surface area contributed by atoms with E-state index in [2.05, 4.69) is 19.2 Å². The lowest BCUT2D eigenvalue weighted by Gasteiger charge is -2.23. The second-order valence-corrected chi connectivity index (χ2v) is 5.11. The Bertz CT molecular complexity index is 472. The largest absolute Gasteiger partial charge is 0.356 e. The summed E-state index contributed by atoms with van der Waals surface area (Å²) in [6, 6.07) is 7.85. The summed E-state index contributed by atoms with van der Waals surface area (Å²) < 4.78 is 0. The predicted octanol–water partition coefficient (Wildman–Crippen LogP) is 2.91. The van der Waals surface area contributed by atoms with Crippen LogP contribution in [0.3, 0.4) is 0 Å². The number of unbranched alkanes of at least 4 members (excludes halogenated alkanes) is 1. The summed E-state index contributed by atoms with van der Waals surface area (Å²) in [7, 11) is 0. The molecular formula is C17H26N2O2. The average Bonchev–Trinajstić information content (AvgIpc) is 2.48. The summed E-state index contributed by atoms with van der Waals surface area (Å²) in [5, 5.41) is 2.88. The van der Waals surface area contributed by atoms with Crippen LogP contribution in [0.4, 0.5) is 5.69 Å². The second kappa shape index (κ2) is 9.16. The van der Waals surface area contributed by atoms with Crippen LogP contribution in [0.1, 0.15) is 45.6 Å². The molecule has 0 atom stereocenters. The standard InChI is InChI=1S/C17H26N2O2/c1-4-6-12-18-17(21)11-13-19(14(3)20)16-10-8-7-9-15(16)5-2/h7-10H,4-6,11-13H2,1-3H3,(H,18,21). The van der Waals surface area contributed by atoms with Crippen molar-refractivity contribution in [1.82, 2.24) is 5.32 Å². The summed E-state index contributed by atoms with van der Waals surface area (Å²) >= 11 is 0. The van der Waals surface area contributed by atoms with Crippen molar-refractivity contribution in [2.24, 2.45) is 0 Å². The third-order valence-electron chi connectivity index (χ3n) is 3.46. The maximum atomic E-state index is 11.9. The average molecular weight is 290 g/mol. The Balaban J connectivity index is 2.66. The van der Waals surface area contributed by atoms with Gasteiger partial charge in [-0.05, 0) is 24.5 Å². The topological polar surface area (TPSA) is 49.4 Å². The van der Waals surface area contributed by atoms with E-state index in [1.165, 1.54) is 0 Å². The number of carbonyl (C=O) groups excluding carboxylic acids is 2. The van der Waals surface area contributed by atoms with Gasteiger partial charge in [0, 0.05) is 32.1 Å². The van der Waals surface area contributed by atoms with Crippen molar-refractivity contribution in [3.05, 3.63) is 29.8 Å². The van der Waals surface area contributed by atoms with Gasteiger partial charge in [-0.25, -0.2) is 0 Å². The van der Waals surface area contributed by atoms with Crippen LogP contribution in [0, 0.1) is 0 Å². The van der Waals surface area contributed by atoms with E-state index in [4.69, 9.17) is 0 Å². The maximum Gasteiger partial charge on any atom is 0.223 e. The Labute approximate surface area is 127 Å². The van der Waals surface area contributed by atoms with Crippen LogP contribution in [0.15, 0.2) is 24.3 Å². The number of hydrogen-bond acceptors (Lipinski definition) is 2. The van der Waals surface area contributed by atoms with Gasteiger partial charge in [0.25, 0.3) is 0 Å². The number of amides is 2. The highest BCUT2D eigenvalue weighted by atomic mass is 16.2. The molecule has 0 heterocycles. The minimum absolute atomic E-state index is 0.00341. The Morgan fingerprint density at radius 3 is 2.52 bits per heavy atom. The third-order valence-corrected chi connectivity index (χ3v) is 3.46. The van der Waals surface area contributed by atoms with Crippen LogP contribution in [0.2, 0.25) is 0 Å². The highest BCUT2D eigenvalue weighted by Gasteiger charge is 2.15. The second-order valence-electron chi connectivity index (χ2n) is 5.11. The lowest BCUT2D eigenvalue weighted by molar-refractivity contribution is -0.121. The third kappa shape index (κ3) is 5.58. The Kier molecular flexibility index (Phi) is 7.51. The monoisotopic (exact) mass is 290 g/mol. The van der Waals surface area contributed by atoms with Crippen LogP contribution in [0.25, 0.3) is 0 Å². The number of carbonyl (C=O) groups is 2. The van der Waals surface area contributed by atoms with Gasteiger partial charge in [0.2, 0.25) is 11.8 Å². The van der Waals surface area contributed by atoms with E-state index in [1.807, 2.05) is 24.3 Å². The predicted molar refractivity (Wildman–Crippen MR) is 86.4 cm³/mol. The van der Waals surface area contributed by atoms with Crippen LogP contribution in [-0.4, -0.2) is 24.9 Å². The first-order valence-corrected chi connectivity index (χ1v) is 7.72. The molecule has 0 saturated heterocycles. The van der Waals surface area contributed by atoms with E-state index in [1.54, 1.807) is 11.8 Å². The molecule has 21 heavy (non-hydrogen) atoms. The molecule has 0 saturated carbocycles. The molecule has 1 rings (SSSR count). The van der Waals surface area contributed by atoms with Crippen LogP contribution < -0.4 is 10.2 Å². The molecule has 0 unspecified atom stereocenters. The lowest BCUT2D eigenvalue weighted by Crippen LogP contribution is -2.34. The summed E-state index contributed by atoms with van der Waals surface area (Å²) in [6.45, 7) is 6.83. The molecule has 1 aromatic rings. The zero-order valence-corrected chi connectivity index (χ0v) is 13.3. The molecule has 0 aromatic heterocycles. The van der Waals surface area contributed by atoms with Crippen LogP contribution in [-0.2, 0) is 16.0 Å². The highest BCUT2D eigenvalue weighted by molar-refractivity contribution is 5.93. The smallest absolute Gasteiger partial charge is 0.223 e. The number of benzene rings is 1. The number of hydrogen-bond donors (Lipinski definition) is 1. The fourth-order valence-electron chi connectivity index (χ4n) is 2.23. The zero-order chi connectivity index (χ0) is 15.7. The minimum atomic E-state index is -0.0303. The fraction of sp³-hybridized carbons (Fsp3) is 0.529. The molecule has 116 valence electrons. The first-order valence-electron chi connectivity index (χ1n) is 7.72. The van der Waals surface area contributed by atoms with Crippen LogP contribution >= 0.6 is 0 Å². The molecule has 0 aliphatic carbocycles. The first-order chi connectivity index (χ1) is 10.1. The molecule has 0 fully saturated rings. The molecule has 0 radical (unpaired) electrons. The van der Waals surface area contributed by atoms with Gasteiger partial charge in [-0.2, -0.15) is 0 Å². The van der Waals surface area contributed by atoms with Crippen LogP contribution in [0.5, 0.6) is 0 Å². The zero-order valence-electron chi connectivity index (χ0n) is 13.3. The van der Waals surface area contributed by atoms with Crippen molar-refractivity contribution >= 4 is 17.5 Å². The van der Waals surface area contributed by atoms with Gasteiger partial charge in [-0.1, -0.05) is 38.5 Å². The van der Waals surface area contributed by atoms with Crippen molar-refractivity contribution in [3.8, 4) is 0 Å². The molecule has 1 aromatic carbocycles. The van der Waals surface area contributed by atoms with E-state index in [-0.39, 0.29) is 11.8 Å². The number of nitrogens with one attached hydrogen (secondary N) is 1. The van der Waals surface area contributed by atoms with Crippen molar-refractivity contribution in [1.29, 1.82) is 0 Å². The summed E-state index contributed by atoms with van der Waals surface area (Å²) in [6.07, 6.45) is 3.24. The first kappa shape index (κ1) is 17.2. The van der Waals surface area contributed by atoms with Gasteiger partial charge in [-0.15, -0.1) is 0 Å². The van der Waals surface area contributed by atoms with Crippen molar-refractivity contribution in [2.75, 3.05) is 18.0 Å². The molecule has 0 aliphatic heterocycles. The Hall–Kier alpha value is -1.84. The molecule has 0 aliphatic rings. The molecule has 0 bridgehead atoms. The molecule has 1 N–H and O–H groups in total. The van der Waals surface area contributed by atoms with E-state index in [9.17, 15) is 9.59 Å². The molecule has 4 nitrogen and oxygen atoms in total. The SMILES string of the molecule is CCCCNC(=O)CCN(C(C)=O)c1ccccc1CC. The van der Waals surface area contributed by atoms with Gasteiger partial charge < -0.3 is 10.2 Å². The quantitative estimate of drug-likeness (QED) is 0.748. The minimum Gasteiger partial charge on any atom is -0.356 e. The van der Waals surface area contributed by atoms with Crippen molar-refractivity contribution in [3.63, 3.8) is 0 Å². The number of rotatable bonds is 8. The lowest BCUT2D eigenvalue weighted by atomic mass is 10.1. The number of nitrogens with zero attached hydrogens (tertiary/aromatic N) is 1. The van der Waals surface area contributed by atoms with Gasteiger partial charge in [0.05, 0.1) is 0 Å². The maximum absolute atomic E-state index is 11.9. The molecule has 2 amide bonds. The van der Waals surface area contributed by atoms with Crippen molar-refractivity contribution in [2.45, 2.75) is 46.5 Å². The van der Waals surface area contributed by atoms with E-state index in [0.717, 1.165) is 30.5 Å². The number of anilines is 1. The van der Waals surface area contributed by atoms with E-state index < -0.39 is 0 Å². The fourth-order valence-corrected chi connectivity index (χ4v) is 2.23. The van der Waals surface area contributed by atoms with Gasteiger partial charge >= 0.3 is 0 Å². The molecular weight excluding hydrogens is 264 g/mol. The van der Waals surface area contributed by atoms with Gasteiger partial charge in [0.1, 0.15) is 0 Å². The van der Waals surface area contributed by atoms with E-state index >= 15 is 0 Å². The van der Waals surface area contributed by atoms with Gasteiger partial charge in [0.15, 0.2) is 0 Å². The normalized spacial score (nSPS) is 10.2. The number of aryl methyl sites for hydroxylation is 1. The molecule has 4 heteroatoms. The summed E-state index contributed by atoms with van der Waals surface area (Å²) in [5.41, 5.74) is 2.04. The van der Waals surface area contributed by atoms with E-state index in [0.29, 0.717) is 19.5 Å². The molecule has 0 spiro atoms. The highest BCUT2D eigenvalue weighted by Crippen LogP contribution is 2.21. The summed E-state index contributed by atoms with van der Waals surface area (Å²) in [4.78, 5) is 25.4. The van der Waals surface area contributed by atoms with Gasteiger partial charge in [-0.3, -0.25) is 9.59 Å². The number of para-hydroxylation sites is 1.